The Balaban J connectivity index is 1.60. The second-order valence-electron chi connectivity index (χ2n) is 7.72. The van der Waals surface area contributed by atoms with E-state index in [-0.39, 0.29) is 24.9 Å². The minimum absolute atomic E-state index is 0.0217. The van der Waals surface area contributed by atoms with E-state index in [1.807, 2.05) is 18.2 Å². The molecule has 0 aromatic heterocycles. The maximum absolute atomic E-state index is 12.6. The number of fused-ring (bicyclic) bond motifs is 1. The number of amides is 1. The summed E-state index contributed by atoms with van der Waals surface area (Å²) in [6.45, 7) is 0.220. The van der Waals surface area contributed by atoms with Crippen LogP contribution in [-0.2, 0) is 21.2 Å². The Morgan fingerprint density at radius 1 is 1.13 bits per heavy atom. The molecule has 8 heteroatoms. The molecule has 0 bridgehead atoms. The van der Waals surface area contributed by atoms with Crippen LogP contribution in [0.3, 0.4) is 0 Å². The predicted octanol–water partition coefficient (Wildman–Crippen LogP) is 3.44. The highest BCUT2D eigenvalue weighted by molar-refractivity contribution is 7.92. The van der Waals surface area contributed by atoms with E-state index in [1.165, 1.54) is 23.2 Å². The molecule has 1 atom stereocenters. The Labute approximate surface area is 184 Å². The molecule has 0 saturated carbocycles. The maximum Gasteiger partial charge on any atom is 0.232 e. The van der Waals surface area contributed by atoms with Crippen molar-refractivity contribution in [2.75, 3.05) is 31.3 Å². The molecular weight excluding hydrogens is 416 g/mol. The fourth-order valence-corrected chi connectivity index (χ4v) is 4.93. The van der Waals surface area contributed by atoms with Crippen LogP contribution in [0.5, 0.6) is 11.5 Å². The third kappa shape index (κ3) is 5.91. The topological polar surface area (TPSA) is 84.9 Å². The van der Waals surface area contributed by atoms with Crippen molar-refractivity contribution in [3.63, 3.8) is 0 Å². The SMILES string of the molecule is COc1cccc(N(CCCC(=O)NC2CCCc3cc(OC)ccc32)S(C)(=O)=O)c1. The van der Waals surface area contributed by atoms with Crippen LogP contribution in [0.15, 0.2) is 42.5 Å². The summed E-state index contributed by atoms with van der Waals surface area (Å²) in [5, 5.41) is 3.12. The molecule has 168 valence electrons. The third-order valence-electron chi connectivity index (χ3n) is 5.51. The molecule has 0 aliphatic heterocycles. The van der Waals surface area contributed by atoms with E-state index < -0.39 is 10.0 Å². The van der Waals surface area contributed by atoms with Crippen LogP contribution in [0.2, 0.25) is 0 Å². The normalized spacial score (nSPS) is 15.6. The van der Waals surface area contributed by atoms with Gasteiger partial charge >= 0.3 is 0 Å². The molecule has 1 amide bonds. The highest BCUT2D eigenvalue weighted by Crippen LogP contribution is 2.32. The van der Waals surface area contributed by atoms with E-state index >= 15 is 0 Å². The standard InChI is InChI=1S/C23H30N2O5S/c1-29-19-9-5-8-18(16-19)25(31(3,27)28)14-6-11-23(26)24-22-10-4-7-17-15-20(30-2)12-13-21(17)22/h5,8-9,12-13,15-16,22H,4,6-7,10-11,14H2,1-3H3,(H,24,26). The molecule has 1 unspecified atom stereocenters. The van der Waals surface area contributed by atoms with E-state index in [2.05, 4.69) is 5.32 Å². The number of anilines is 1. The van der Waals surface area contributed by atoms with Gasteiger partial charge in [-0.05, 0) is 61.1 Å². The van der Waals surface area contributed by atoms with Crippen LogP contribution in [0.25, 0.3) is 0 Å². The van der Waals surface area contributed by atoms with Crippen LogP contribution in [0, 0.1) is 0 Å². The maximum atomic E-state index is 12.6. The lowest BCUT2D eigenvalue weighted by atomic mass is 9.87. The van der Waals surface area contributed by atoms with Crippen LogP contribution in [0.1, 0.15) is 42.9 Å². The molecule has 0 saturated heterocycles. The molecule has 7 nitrogen and oxygen atoms in total. The fraction of sp³-hybridized carbons (Fsp3) is 0.435. The van der Waals surface area contributed by atoms with Crippen LogP contribution in [0.4, 0.5) is 5.69 Å². The summed E-state index contributed by atoms with van der Waals surface area (Å²) in [4.78, 5) is 12.6. The second kappa shape index (κ2) is 10.0. The lowest BCUT2D eigenvalue weighted by molar-refractivity contribution is -0.122. The lowest BCUT2D eigenvalue weighted by Crippen LogP contribution is -2.33. The number of nitrogens with one attached hydrogen (secondary N) is 1. The second-order valence-corrected chi connectivity index (χ2v) is 9.62. The molecule has 2 aromatic carbocycles. The van der Waals surface area contributed by atoms with Crippen molar-refractivity contribution in [1.29, 1.82) is 0 Å². The van der Waals surface area contributed by atoms with Crippen molar-refractivity contribution in [2.24, 2.45) is 0 Å². The third-order valence-corrected chi connectivity index (χ3v) is 6.70. The van der Waals surface area contributed by atoms with Crippen molar-refractivity contribution in [2.45, 2.75) is 38.1 Å². The van der Waals surface area contributed by atoms with Gasteiger partial charge in [-0.2, -0.15) is 0 Å². The summed E-state index contributed by atoms with van der Waals surface area (Å²) in [6.07, 6.45) is 4.70. The number of hydrogen-bond acceptors (Lipinski definition) is 5. The highest BCUT2D eigenvalue weighted by Gasteiger charge is 2.23. The number of benzene rings is 2. The Bertz CT molecular complexity index is 1020. The number of carbonyl (C=O) groups excluding carboxylic acids is 1. The zero-order chi connectivity index (χ0) is 22.4. The molecule has 1 aliphatic rings. The van der Waals surface area contributed by atoms with Crippen molar-refractivity contribution in [3.05, 3.63) is 53.6 Å². The molecule has 0 spiro atoms. The molecule has 3 rings (SSSR count). The molecular formula is C23H30N2O5S. The minimum Gasteiger partial charge on any atom is -0.497 e. The fourth-order valence-electron chi connectivity index (χ4n) is 3.97. The van der Waals surface area contributed by atoms with Gasteiger partial charge < -0.3 is 14.8 Å². The number of carbonyl (C=O) groups is 1. The van der Waals surface area contributed by atoms with Crippen molar-refractivity contribution >= 4 is 21.6 Å². The summed E-state index contributed by atoms with van der Waals surface area (Å²) in [5.41, 5.74) is 2.86. The molecule has 2 aromatic rings. The zero-order valence-electron chi connectivity index (χ0n) is 18.3. The van der Waals surface area contributed by atoms with Gasteiger partial charge in [-0.25, -0.2) is 8.42 Å². The molecule has 31 heavy (non-hydrogen) atoms. The van der Waals surface area contributed by atoms with Gasteiger partial charge in [0.05, 0.1) is 32.2 Å². The minimum atomic E-state index is -3.48. The van der Waals surface area contributed by atoms with Gasteiger partial charge in [-0.3, -0.25) is 9.10 Å². The van der Waals surface area contributed by atoms with Gasteiger partial charge in [0.15, 0.2) is 0 Å². The summed E-state index contributed by atoms with van der Waals surface area (Å²) in [5.74, 6) is 1.33. The quantitative estimate of drug-likeness (QED) is 0.638. The first-order valence-corrected chi connectivity index (χ1v) is 12.2. The summed E-state index contributed by atoms with van der Waals surface area (Å²) >= 11 is 0. The summed E-state index contributed by atoms with van der Waals surface area (Å²) < 4.78 is 36.4. The van der Waals surface area contributed by atoms with Crippen LogP contribution >= 0.6 is 0 Å². The number of rotatable bonds is 9. The lowest BCUT2D eigenvalue weighted by Gasteiger charge is -2.27. The number of ether oxygens (including phenoxy) is 2. The van der Waals surface area contributed by atoms with E-state index in [0.29, 0.717) is 17.9 Å². The van der Waals surface area contributed by atoms with E-state index in [4.69, 9.17) is 9.47 Å². The first-order valence-electron chi connectivity index (χ1n) is 10.4. The van der Waals surface area contributed by atoms with Crippen LogP contribution in [-0.4, -0.2) is 41.3 Å². The first-order chi connectivity index (χ1) is 14.8. The van der Waals surface area contributed by atoms with Gasteiger partial charge in [0.25, 0.3) is 0 Å². The van der Waals surface area contributed by atoms with Crippen molar-refractivity contribution < 1.29 is 22.7 Å². The largest absolute Gasteiger partial charge is 0.497 e. The Morgan fingerprint density at radius 3 is 2.58 bits per heavy atom. The number of hydrogen-bond donors (Lipinski definition) is 1. The molecule has 0 heterocycles. The zero-order valence-corrected chi connectivity index (χ0v) is 19.1. The van der Waals surface area contributed by atoms with Gasteiger partial charge in [-0.15, -0.1) is 0 Å². The number of nitrogens with zero attached hydrogens (tertiary/aromatic N) is 1. The van der Waals surface area contributed by atoms with Gasteiger partial charge in [-0.1, -0.05) is 12.1 Å². The van der Waals surface area contributed by atoms with Crippen molar-refractivity contribution in [3.8, 4) is 11.5 Å². The van der Waals surface area contributed by atoms with E-state index in [1.54, 1.807) is 31.4 Å². The van der Waals surface area contributed by atoms with Crippen molar-refractivity contribution in [1.82, 2.24) is 5.32 Å². The Kier molecular flexibility index (Phi) is 7.43. The predicted molar refractivity (Wildman–Crippen MR) is 121 cm³/mol. The summed E-state index contributed by atoms with van der Waals surface area (Å²) in [7, 11) is -0.297. The Hall–Kier alpha value is -2.74. The average molecular weight is 447 g/mol. The molecule has 0 radical (unpaired) electrons. The smallest absolute Gasteiger partial charge is 0.232 e. The monoisotopic (exact) mass is 446 g/mol. The summed E-state index contributed by atoms with van der Waals surface area (Å²) in [6, 6.07) is 12.8. The number of sulfonamides is 1. The van der Waals surface area contributed by atoms with Crippen LogP contribution < -0.4 is 19.1 Å². The van der Waals surface area contributed by atoms with E-state index in [9.17, 15) is 13.2 Å². The number of methoxy groups -OCH3 is 2. The molecule has 1 aliphatic carbocycles. The van der Waals surface area contributed by atoms with Gasteiger partial charge in [0, 0.05) is 19.0 Å². The van der Waals surface area contributed by atoms with E-state index in [0.717, 1.165) is 30.6 Å². The van der Waals surface area contributed by atoms with Gasteiger partial charge in [0.2, 0.25) is 15.9 Å². The molecule has 1 N–H and O–H groups in total. The Morgan fingerprint density at radius 2 is 1.87 bits per heavy atom. The number of aryl methyl sites for hydroxylation is 1. The van der Waals surface area contributed by atoms with Gasteiger partial charge in [0.1, 0.15) is 11.5 Å². The first kappa shape index (κ1) is 22.9. The molecule has 0 fully saturated rings. The average Bonchev–Trinajstić information content (AvgIpc) is 2.75. The highest BCUT2D eigenvalue weighted by atomic mass is 32.2.